The molecule has 7 heteroatoms. The van der Waals surface area contributed by atoms with Crippen LogP contribution < -0.4 is 0 Å². The Balaban J connectivity index is 1.46. The largest absolute Gasteiger partial charge is 0.419 e. The Morgan fingerprint density at radius 3 is 2.36 bits per heavy atom. The Bertz CT molecular complexity index is 972. The highest BCUT2D eigenvalue weighted by Gasteiger charge is 2.37. The molecule has 0 spiro atoms. The minimum atomic E-state index is -0.586. The maximum Gasteiger partial charge on any atom is 0.247 e. The van der Waals surface area contributed by atoms with Gasteiger partial charge in [0.05, 0.1) is 6.54 Å². The van der Waals surface area contributed by atoms with Gasteiger partial charge in [0.15, 0.2) is 0 Å². The first kappa shape index (κ1) is 17.9. The number of rotatable bonds is 5. The molecule has 0 unspecified atom stereocenters. The molecule has 0 aliphatic carbocycles. The molecule has 28 heavy (non-hydrogen) atoms. The molecule has 1 aliphatic rings. The van der Waals surface area contributed by atoms with Crippen molar-refractivity contribution in [3.63, 3.8) is 0 Å². The van der Waals surface area contributed by atoms with Crippen LogP contribution in [0.15, 0.2) is 65.1 Å². The Morgan fingerprint density at radius 2 is 1.64 bits per heavy atom. The van der Waals surface area contributed by atoms with Crippen molar-refractivity contribution in [1.29, 1.82) is 0 Å². The minimum absolute atomic E-state index is 0.0394. The van der Waals surface area contributed by atoms with Gasteiger partial charge in [-0.2, -0.15) is 0 Å². The molecule has 3 aromatic rings. The zero-order chi connectivity index (χ0) is 19.5. The number of aromatic nitrogens is 2. The van der Waals surface area contributed by atoms with Gasteiger partial charge < -0.3 is 14.2 Å². The molecule has 2 heterocycles. The van der Waals surface area contributed by atoms with Crippen molar-refractivity contribution in [2.45, 2.75) is 26.1 Å². The van der Waals surface area contributed by atoms with Crippen LogP contribution >= 0.6 is 0 Å². The van der Waals surface area contributed by atoms with E-state index in [2.05, 4.69) is 10.2 Å². The van der Waals surface area contributed by atoms with Gasteiger partial charge in [0.2, 0.25) is 23.6 Å². The van der Waals surface area contributed by atoms with E-state index in [-0.39, 0.29) is 24.9 Å². The molecule has 1 aromatic heterocycles. The molecule has 142 valence electrons. The van der Waals surface area contributed by atoms with Crippen molar-refractivity contribution in [3.05, 3.63) is 72.1 Å². The van der Waals surface area contributed by atoms with Crippen molar-refractivity contribution in [2.75, 3.05) is 6.54 Å². The molecule has 4 rings (SSSR count). The van der Waals surface area contributed by atoms with Crippen molar-refractivity contribution in [3.8, 4) is 11.5 Å². The monoisotopic (exact) mass is 376 g/mol. The van der Waals surface area contributed by atoms with Crippen LogP contribution in [0.2, 0.25) is 0 Å². The summed E-state index contributed by atoms with van der Waals surface area (Å²) in [7, 11) is 0. The molecule has 0 bridgehead atoms. The van der Waals surface area contributed by atoms with Crippen molar-refractivity contribution < 1.29 is 14.0 Å². The van der Waals surface area contributed by atoms with Crippen molar-refractivity contribution in [2.24, 2.45) is 0 Å². The van der Waals surface area contributed by atoms with Crippen LogP contribution in [0.3, 0.4) is 0 Å². The zero-order valence-corrected chi connectivity index (χ0v) is 15.5. The van der Waals surface area contributed by atoms with Gasteiger partial charge in [0, 0.05) is 12.1 Å². The molecule has 1 aliphatic heterocycles. The summed E-state index contributed by atoms with van der Waals surface area (Å²) in [6, 6.07) is 18.5. The summed E-state index contributed by atoms with van der Waals surface area (Å²) in [5.41, 5.74) is 1.80. The number of benzene rings is 2. The molecular weight excluding hydrogens is 356 g/mol. The Morgan fingerprint density at radius 1 is 0.964 bits per heavy atom. The van der Waals surface area contributed by atoms with E-state index in [1.807, 2.05) is 60.7 Å². The lowest BCUT2D eigenvalue weighted by Gasteiger charge is -2.38. The lowest BCUT2D eigenvalue weighted by atomic mass is 10.1. The van der Waals surface area contributed by atoms with Gasteiger partial charge in [-0.05, 0) is 24.6 Å². The molecule has 0 radical (unpaired) electrons. The third-order valence-electron chi connectivity index (χ3n) is 4.79. The summed E-state index contributed by atoms with van der Waals surface area (Å²) in [6.07, 6.45) is 0. The maximum atomic E-state index is 12.8. The van der Waals surface area contributed by atoms with E-state index in [1.165, 1.54) is 4.90 Å². The second-order valence-electron chi connectivity index (χ2n) is 6.74. The molecule has 1 atom stereocenters. The smallest absolute Gasteiger partial charge is 0.247 e. The highest BCUT2D eigenvalue weighted by Crippen LogP contribution is 2.21. The second-order valence-corrected chi connectivity index (χ2v) is 6.74. The number of nitrogens with zero attached hydrogens (tertiary/aromatic N) is 4. The fourth-order valence-corrected chi connectivity index (χ4v) is 3.27. The van der Waals surface area contributed by atoms with Crippen LogP contribution in [0.25, 0.3) is 11.5 Å². The first-order valence-corrected chi connectivity index (χ1v) is 9.12. The number of hydrogen-bond donors (Lipinski definition) is 0. The number of piperazine rings is 1. The normalized spacial score (nSPS) is 17.2. The molecule has 1 saturated heterocycles. The lowest BCUT2D eigenvalue weighted by Crippen LogP contribution is -2.58. The van der Waals surface area contributed by atoms with Crippen LogP contribution in [0.4, 0.5) is 0 Å². The van der Waals surface area contributed by atoms with Crippen LogP contribution in [-0.2, 0) is 22.7 Å². The van der Waals surface area contributed by atoms with Crippen LogP contribution in [-0.4, -0.2) is 44.4 Å². The molecule has 0 saturated carbocycles. The van der Waals surface area contributed by atoms with Crippen LogP contribution in [0.1, 0.15) is 18.4 Å². The van der Waals surface area contributed by atoms with Gasteiger partial charge in [0.25, 0.3) is 0 Å². The SMILES string of the molecule is C[C@@H]1C(=O)N(Cc2ccccc2)CC(=O)N1Cc1nnc(-c2ccccc2)o1. The van der Waals surface area contributed by atoms with Crippen LogP contribution in [0, 0.1) is 0 Å². The average molecular weight is 376 g/mol. The summed E-state index contributed by atoms with van der Waals surface area (Å²) in [5, 5.41) is 8.07. The lowest BCUT2D eigenvalue weighted by molar-refractivity contribution is -0.156. The van der Waals surface area contributed by atoms with Crippen molar-refractivity contribution in [1.82, 2.24) is 20.0 Å². The maximum absolute atomic E-state index is 12.8. The topological polar surface area (TPSA) is 79.5 Å². The molecular formula is C21H20N4O3. The standard InChI is InChI=1S/C21H20N4O3/c1-15-21(27)24(12-16-8-4-2-5-9-16)14-19(26)25(15)13-18-22-23-20(28-18)17-10-6-3-7-11-17/h2-11,15H,12-14H2,1H3/t15-/m1/s1. The highest BCUT2D eigenvalue weighted by molar-refractivity contribution is 5.94. The van der Waals surface area contributed by atoms with Gasteiger partial charge in [-0.25, -0.2) is 0 Å². The minimum Gasteiger partial charge on any atom is -0.419 e. The van der Waals surface area contributed by atoms with Crippen molar-refractivity contribution >= 4 is 11.8 Å². The third-order valence-corrected chi connectivity index (χ3v) is 4.79. The Labute approximate surface area is 162 Å². The second kappa shape index (κ2) is 7.64. The van der Waals surface area contributed by atoms with Crippen LogP contribution in [0.5, 0.6) is 0 Å². The molecule has 7 nitrogen and oxygen atoms in total. The highest BCUT2D eigenvalue weighted by atomic mass is 16.4. The number of carbonyl (C=O) groups excluding carboxylic acids is 2. The third kappa shape index (κ3) is 3.64. The quantitative estimate of drug-likeness (QED) is 0.684. The van der Waals surface area contributed by atoms with Gasteiger partial charge in [-0.3, -0.25) is 9.59 Å². The van der Waals surface area contributed by atoms with E-state index >= 15 is 0 Å². The van der Waals surface area contributed by atoms with E-state index in [4.69, 9.17) is 4.42 Å². The summed E-state index contributed by atoms with van der Waals surface area (Å²) >= 11 is 0. The van der Waals surface area contributed by atoms with E-state index in [9.17, 15) is 9.59 Å². The first-order chi connectivity index (χ1) is 13.6. The van der Waals surface area contributed by atoms with Gasteiger partial charge in [0.1, 0.15) is 12.6 Å². The predicted molar refractivity (Wildman–Crippen MR) is 102 cm³/mol. The molecule has 0 N–H and O–H groups in total. The van der Waals surface area contributed by atoms with E-state index in [0.29, 0.717) is 18.3 Å². The number of hydrogen-bond acceptors (Lipinski definition) is 5. The van der Waals surface area contributed by atoms with Gasteiger partial charge in [-0.1, -0.05) is 48.5 Å². The summed E-state index contributed by atoms with van der Waals surface area (Å²) < 4.78 is 5.69. The number of amides is 2. The molecule has 1 fully saturated rings. The summed E-state index contributed by atoms with van der Waals surface area (Å²) in [5.74, 6) is 0.474. The summed E-state index contributed by atoms with van der Waals surface area (Å²) in [6.45, 7) is 2.30. The molecule has 2 amide bonds. The Kier molecular flexibility index (Phi) is 4.89. The first-order valence-electron chi connectivity index (χ1n) is 9.12. The fourth-order valence-electron chi connectivity index (χ4n) is 3.27. The predicted octanol–water partition coefficient (Wildman–Crippen LogP) is 2.50. The summed E-state index contributed by atoms with van der Waals surface area (Å²) in [4.78, 5) is 28.5. The van der Waals surface area contributed by atoms with E-state index < -0.39 is 6.04 Å². The zero-order valence-electron chi connectivity index (χ0n) is 15.5. The molecule has 2 aromatic carbocycles. The average Bonchev–Trinajstić information content (AvgIpc) is 3.19. The van der Waals surface area contributed by atoms with Gasteiger partial charge in [-0.15, -0.1) is 10.2 Å². The number of carbonyl (C=O) groups is 2. The Hall–Kier alpha value is -3.48. The van der Waals surface area contributed by atoms with E-state index in [1.54, 1.807) is 11.8 Å². The van der Waals surface area contributed by atoms with E-state index in [0.717, 1.165) is 11.1 Å². The van der Waals surface area contributed by atoms with Gasteiger partial charge >= 0.3 is 0 Å². The fraction of sp³-hybridized carbons (Fsp3) is 0.238.